The number of benzene rings is 2. The van der Waals surface area contributed by atoms with Gasteiger partial charge in [0.1, 0.15) is 11.4 Å². The maximum atomic E-state index is 14.0. The average molecular weight is 311 g/mol. The molecule has 4 rings (SSSR count). The molecule has 23 heavy (non-hydrogen) atoms. The monoisotopic (exact) mass is 311 g/mol. The van der Waals surface area contributed by atoms with Gasteiger partial charge in [-0.25, -0.2) is 4.39 Å². The number of rotatable bonds is 3. The van der Waals surface area contributed by atoms with E-state index in [1.165, 1.54) is 16.7 Å². The summed E-state index contributed by atoms with van der Waals surface area (Å²) in [6.07, 6.45) is 2.06. The van der Waals surface area contributed by atoms with Crippen molar-refractivity contribution in [1.29, 1.82) is 0 Å². The first-order chi connectivity index (χ1) is 11.1. The highest BCUT2D eigenvalue weighted by Gasteiger charge is 2.52. The molecule has 0 bridgehead atoms. The number of ether oxygens (including phenoxy) is 1. The standard InChI is InChI=1S/C20H22FNO/c1-22(2)10-9-14-11-15-5-3-4-6-18(15)20(13-23-20)19-12-16(21)7-8-17(14)19/h3-8,12,14H,9-11,13H2,1-2H3. The molecule has 0 amide bonds. The zero-order chi connectivity index (χ0) is 16.0. The fourth-order valence-electron chi connectivity index (χ4n) is 3.90. The Bertz CT molecular complexity index is 736. The van der Waals surface area contributed by atoms with E-state index < -0.39 is 5.60 Å². The zero-order valence-corrected chi connectivity index (χ0v) is 13.7. The SMILES string of the molecule is CN(C)CCC1Cc2ccccc2C2(CO2)c2cc(F)ccc21. The Hall–Kier alpha value is -1.71. The van der Waals surface area contributed by atoms with E-state index in [0.29, 0.717) is 12.5 Å². The summed E-state index contributed by atoms with van der Waals surface area (Å²) in [5.74, 6) is 0.224. The molecule has 120 valence electrons. The van der Waals surface area contributed by atoms with Gasteiger partial charge in [-0.15, -0.1) is 0 Å². The fraction of sp³-hybridized carbons (Fsp3) is 0.400. The van der Waals surface area contributed by atoms with Crippen LogP contribution in [0.3, 0.4) is 0 Å². The Morgan fingerprint density at radius 1 is 1.17 bits per heavy atom. The Morgan fingerprint density at radius 2 is 1.96 bits per heavy atom. The molecule has 2 nitrogen and oxygen atoms in total. The van der Waals surface area contributed by atoms with Crippen molar-refractivity contribution >= 4 is 0 Å². The summed E-state index contributed by atoms with van der Waals surface area (Å²) in [5.41, 5.74) is 4.43. The second-order valence-electron chi connectivity index (χ2n) is 7.00. The van der Waals surface area contributed by atoms with E-state index in [1.54, 1.807) is 12.1 Å². The summed E-state index contributed by atoms with van der Waals surface area (Å²) in [6.45, 7) is 1.68. The lowest BCUT2D eigenvalue weighted by atomic mass is 9.86. The summed E-state index contributed by atoms with van der Waals surface area (Å²) in [7, 11) is 4.20. The van der Waals surface area contributed by atoms with Gasteiger partial charge in [0.05, 0.1) is 6.61 Å². The molecule has 1 aliphatic carbocycles. The second kappa shape index (κ2) is 5.43. The summed E-state index contributed by atoms with van der Waals surface area (Å²) in [5, 5.41) is 0. The van der Waals surface area contributed by atoms with Crippen molar-refractivity contribution in [3.63, 3.8) is 0 Å². The van der Waals surface area contributed by atoms with E-state index in [1.807, 2.05) is 6.07 Å². The highest BCUT2D eigenvalue weighted by Crippen LogP contribution is 2.52. The average Bonchev–Trinajstić information content (AvgIpc) is 3.34. The van der Waals surface area contributed by atoms with Crippen LogP contribution in [0.5, 0.6) is 0 Å². The third kappa shape index (κ3) is 2.48. The van der Waals surface area contributed by atoms with Crippen molar-refractivity contribution in [2.45, 2.75) is 24.4 Å². The molecular weight excluding hydrogens is 289 g/mol. The van der Waals surface area contributed by atoms with Gasteiger partial charge in [0.25, 0.3) is 0 Å². The van der Waals surface area contributed by atoms with Crippen molar-refractivity contribution in [1.82, 2.24) is 4.90 Å². The molecule has 1 saturated heterocycles. The van der Waals surface area contributed by atoms with Crippen LogP contribution in [0.1, 0.15) is 34.6 Å². The van der Waals surface area contributed by atoms with Crippen LogP contribution in [0.15, 0.2) is 42.5 Å². The molecule has 0 N–H and O–H groups in total. The zero-order valence-electron chi connectivity index (χ0n) is 13.7. The minimum absolute atomic E-state index is 0.177. The third-order valence-corrected chi connectivity index (χ3v) is 5.17. The van der Waals surface area contributed by atoms with Crippen LogP contribution in [0.25, 0.3) is 0 Å². The van der Waals surface area contributed by atoms with Crippen LogP contribution in [0, 0.1) is 5.82 Å². The number of nitrogens with zero attached hydrogens (tertiary/aromatic N) is 1. The molecule has 2 atom stereocenters. The smallest absolute Gasteiger partial charge is 0.142 e. The summed E-state index contributed by atoms with van der Waals surface area (Å²) < 4.78 is 19.9. The predicted octanol–water partition coefficient (Wildman–Crippen LogP) is 3.69. The molecule has 2 unspecified atom stereocenters. The fourth-order valence-corrected chi connectivity index (χ4v) is 3.90. The molecule has 1 fully saturated rings. The summed E-state index contributed by atoms with van der Waals surface area (Å²) in [4.78, 5) is 2.21. The first-order valence-corrected chi connectivity index (χ1v) is 8.27. The molecule has 0 aromatic heterocycles. The van der Waals surface area contributed by atoms with Crippen LogP contribution in [0.4, 0.5) is 4.39 Å². The second-order valence-corrected chi connectivity index (χ2v) is 7.00. The first-order valence-electron chi connectivity index (χ1n) is 8.27. The van der Waals surface area contributed by atoms with E-state index in [0.717, 1.165) is 24.9 Å². The third-order valence-electron chi connectivity index (χ3n) is 5.17. The maximum absolute atomic E-state index is 14.0. The van der Waals surface area contributed by atoms with Crippen LogP contribution in [-0.2, 0) is 16.8 Å². The van der Waals surface area contributed by atoms with E-state index in [4.69, 9.17) is 4.74 Å². The summed E-state index contributed by atoms with van der Waals surface area (Å²) >= 11 is 0. The van der Waals surface area contributed by atoms with Crippen molar-refractivity contribution in [3.8, 4) is 0 Å². The number of hydrogen-bond acceptors (Lipinski definition) is 2. The van der Waals surface area contributed by atoms with Crippen LogP contribution in [0.2, 0.25) is 0 Å². The Labute approximate surface area is 136 Å². The molecule has 2 aromatic carbocycles. The molecule has 1 heterocycles. The molecule has 0 saturated carbocycles. The van der Waals surface area contributed by atoms with Gasteiger partial charge in [-0.2, -0.15) is 0 Å². The van der Waals surface area contributed by atoms with Crippen molar-refractivity contribution in [2.24, 2.45) is 0 Å². The maximum Gasteiger partial charge on any atom is 0.142 e. The van der Waals surface area contributed by atoms with Gasteiger partial charge in [0.15, 0.2) is 0 Å². The topological polar surface area (TPSA) is 15.8 Å². The lowest BCUT2D eigenvalue weighted by molar-refractivity contribution is 0.346. The van der Waals surface area contributed by atoms with E-state index >= 15 is 0 Å². The van der Waals surface area contributed by atoms with E-state index in [2.05, 4.69) is 43.3 Å². The molecular formula is C20H22FNO. The number of fused-ring (bicyclic) bond motifs is 4. The minimum Gasteiger partial charge on any atom is -0.359 e. The number of halogens is 1. The van der Waals surface area contributed by atoms with Gasteiger partial charge in [-0.1, -0.05) is 30.3 Å². The van der Waals surface area contributed by atoms with Crippen molar-refractivity contribution in [2.75, 3.05) is 27.2 Å². The number of hydrogen-bond donors (Lipinski definition) is 0. The molecule has 3 heteroatoms. The van der Waals surface area contributed by atoms with Crippen LogP contribution < -0.4 is 0 Å². The quantitative estimate of drug-likeness (QED) is 0.804. The highest BCUT2D eigenvalue weighted by molar-refractivity contribution is 5.52. The van der Waals surface area contributed by atoms with Gasteiger partial charge < -0.3 is 9.64 Å². The lowest BCUT2D eigenvalue weighted by Crippen LogP contribution is -2.18. The molecule has 1 spiro atoms. The molecule has 2 aliphatic rings. The number of epoxide rings is 1. The van der Waals surface area contributed by atoms with Gasteiger partial charge in [-0.05, 0) is 73.8 Å². The van der Waals surface area contributed by atoms with E-state index in [9.17, 15) is 4.39 Å². The van der Waals surface area contributed by atoms with Crippen molar-refractivity contribution in [3.05, 3.63) is 70.5 Å². The van der Waals surface area contributed by atoms with Gasteiger partial charge >= 0.3 is 0 Å². The summed E-state index contributed by atoms with van der Waals surface area (Å²) in [6, 6.07) is 13.7. The van der Waals surface area contributed by atoms with Gasteiger partial charge in [-0.3, -0.25) is 0 Å². The van der Waals surface area contributed by atoms with Gasteiger partial charge in [0.2, 0.25) is 0 Å². The molecule has 0 radical (unpaired) electrons. The van der Waals surface area contributed by atoms with Crippen molar-refractivity contribution < 1.29 is 9.13 Å². The van der Waals surface area contributed by atoms with Crippen LogP contribution in [-0.4, -0.2) is 32.1 Å². The highest BCUT2D eigenvalue weighted by atomic mass is 19.1. The normalized spacial score (nSPS) is 25.1. The lowest BCUT2D eigenvalue weighted by Gasteiger charge is -2.21. The predicted molar refractivity (Wildman–Crippen MR) is 89.2 cm³/mol. The van der Waals surface area contributed by atoms with Gasteiger partial charge in [0, 0.05) is 0 Å². The Balaban J connectivity index is 1.85. The minimum atomic E-state index is -0.416. The largest absolute Gasteiger partial charge is 0.359 e. The molecule has 2 aromatic rings. The van der Waals surface area contributed by atoms with E-state index in [-0.39, 0.29) is 5.82 Å². The Morgan fingerprint density at radius 3 is 2.70 bits per heavy atom. The first kappa shape index (κ1) is 14.9. The molecule has 1 aliphatic heterocycles. The van der Waals surface area contributed by atoms with Crippen LogP contribution >= 0.6 is 0 Å². The Kier molecular flexibility index (Phi) is 3.51.